The van der Waals surface area contributed by atoms with E-state index in [0.717, 1.165) is 0 Å². The SMILES string of the molecule is Cn1c(-[n+]2ccccc2)nc2c1c([O-])nc(=O)n2C.I. The molecule has 7 nitrogen and oxygen atoms in total. The minimum absolute atomic E-state index is 0. The summed E-state index contributed by atoms with van der Waals surface area (Å²) < 4.78 is 4.66. The zero-order valence-corrected chi connectivity index (χ0v) is 13.2. The van der Waals surface area contributed by atoms with Gasteiger partial charge in [0.15, 0.2) is 5.52 Å². The first-order chi connectivity index (χ1) is 9.09. The second kappa shape index (κ2) is 5.19. The van der Waals surface area contributed by atoms with Gasteiger partial charge in [-0.1, -0.05) is 6.07 Å². The maximum atomic E-state index is 11.8. The summed E-state index contributed by atoms with van der Waals surface area (Å²) >= 11 is 0. The molecule has 0 radical (unpaired) electrons. The number of nitrogens with zero attached hydrogens (tertiary/aromatic N) is 5. The van der Waals surface area contributed by atoms with Crippen molar-refractivity contribution >= 4 is 35.1 Å². The van der Waals surface area contributed by atoms with E-state index in [1.165, 1.54) is 4.57 Å². The highest BCUT2D eigenvalue weighted by atomic mass is 127. The van der Waals surface area contributed by atoms with Gasteiger partial charge in [0.25, 0.3) is 5.65 Å². The third kappa shape index (κ3) is 2.05. The van der Waals surface area contributed by atoms with Crippen LogP contribution in [0.25, 0.3) is 17.1 Å². The molecular formula is C12H12IN5O2. The summed E-state index contributed by atoms with van der Waals surface area (Å²) in [6.45, 7) is 0. The summed E-state index contributed by atoms with van der Waals surface area (Å²) in [5.41, 5.74) is 0.0486. The Kier molecular flexibility index (Phi) is 3.75. The van der Waals surface area contributed by atoms with Gasteiger partial charge in [0.1, 0.15) is 0 Å². The van der Waals surface area contributed by atoms with E-state index in [-0.39, 0.29) is 24.0 Å². The lowest BCUT2D eigenvalue weighted by molar-refractivity contribution is -0.605. The van der Waals surface area contributed by atoms with Gasteiger partial charge < -0.3 is 5.11 Å². The molecule has 0 aliphatic carbocycles. The molecule has 0 amide bonds. The van der Waals surface area contributed by atoms with E-state index in [9.17, 15) is 9.90 Å². The number of imidazole rings is 1. The Morgan fingerprint density at radius 1 is 1.10 bits per heavy atom. The molecule has 3 rings (SSSR count). The Bertz CT molecular complexity index is 825. The molecule has 0 aromatic carbocycles. The highest BCUT2D eigenvalue weighted by Crippen LogP contribution is 2.18. The van der Waals surface area contributed by atoms with Gasteiger partial charge in [-0.3, -0.25) is 4.57 Å². The van der Waals surface area contributed by atoms with E-state index in [4.69, 9.17) is 0 Å². The number of halogens is 1. The van der Waals surface area contributed by atoms with Gasteiger partial charge in [0, 0.05) is 12.9 Å². The molecular weight excluding hydrogens is 373 g/mol. The fraction of sp³-hybridized carbons (Fsp3) is 0.167. The van der Waals surface area contributed by atoms with Gasteiger partial charge in [-0.05, 0) is 17.1 Å². The molecule has 0 atom stereocenters. The van der Waals surface area contributed by atoms with Gasteiger partial charge >= 0.3 is 11.6 Å². The number of hydrogen-bond donors (Lipinski definition) is 0. The van der Waals surface area contributed by atoms with E-state index < -0.39 is 11.6 Å². The summed E-state index contributed by atoms with van der Waals surface area (Å²) in [6, 6.07) is 5.60. The molecule has 3 aromatic rings. The minimum atomic E-state index is -0.597. The molecule has 0 spiro atoms. The predicted octanol–water partition coefficient (Wildman–Crippen LogP) is -0.365. The monoisotopic (exact) mass is 385 g/mol. The first-order valence-electron chi connectivity index (χ1n) is 5.66. The highest BCUT2D eigenvalue weighted by Gasteiger charge is 2.22. The van der Waals surface area contributed by atoms with Crippen molar-refractivity contribution in [2.75, 3.05) is 0 Å². The minimum Gasteiger partial charge on any atom is -0.856 e. The number of fused-ring (bicyclic) bond motifs is 1. The van der Waals surface area contributed by atoms with Gasteiger partial charge in [-0.2, -0.15) is 0 Å². The van der Waals surface area contributed by atoms with Gasteiger partial charge in [0.2, 0.25) is 0 Å². The van der Waals surface area contributed by atoms with Crippen molar-refractivity contribution in [1.82, 2.24) is 19.1 Å². The number of pyridine rings is 1. The third-order valence-corrected chi connectivity index (χ3v) is 3.00. The first kappa shape index (κ1) is 14.4. The standard InChI is InChI=1S/C12H11N5O2.HI/c1-15-8-9(16(2)12(19)14-10(8)18)13-11(15)17-6-4-3-5-7-17;/h3-7H,1-2H3;1H. The number of aryl methyl sites for hydroxylation is 2. The summed E-state index contributed by atoms with van der Waals surface area (Å²) in [7, 11) is 3.27. The number of rotatable bonds is 1. The van der Waals surface area contributed by atoms with Crippen LogP contribution in [-0.4, -0.2) is 19.1 Å². The van der Waals surface area contributed by atoms with Crippen LogP contribution in [0.2, 0.25) is 0 Å². The summed E-state index contributed by atoms with van der Waals surface area (Å²) in [5.74, 6) is -0.00780. The topological polar surface area (TPSA) is 79.7 Å². The van der Waals surface area contributed by atoms with Crippen LogP contribution in [0, 0.1) is 0 Å². The number of hydrogen-bond acceptors (Lipinski definition) is 4. The van der Waals surface area contributed by atoms with Crippen LogP contribution in [0.1, 0.15) is 0 Å². The lowest BCUT2D eigenvalue weighted by Crippen LogP contribution is -2.32. The Balaban J connectivity index is 0.00000147. The Morgan fingerprint density at radius 2 is 1.75 bits per heavy atom. The average molecular weight is 385 g/mol. The second-order valence-electron chi connectivity index (χ2n) is 4.18. The maximum Gasteiger partial charge on any atom is 0.405 e. The van der Waals surface area contributed by atoms with Crippen LogP contribution in [-0.2, 0) is 14.1 Å². The molecule has 0 saturated carbocycles. The lowest BCUT2D eigenvalue weighted by atomic mass is 10.5. The van der Waals surface area contributed by atoms with E-state index in [0.29, 0.717) is 17.1 Å². The van der Waals surface area contributed by atoms with Gasteiger partial charge in [-0.25, -0.2) is 18.9 Å². The molecule has 20 heavy (non-hydrogen) atoms. The average Bonchev–Trinajstić information content (AvgIpc) is 2.76. The smallest absolute Gasteiger partial charge is 0.405 e. The van der Waals surface area contributed by atoms with Crippen LogP contribution in [0.4, 0.5) is 0 Å². The van der Waals surface area contributed by atoms with Crippen LogP contribution in [0.5, 0.6) is 5.88 Å². The van der Waals surface area contributed by atoms with E-state index in [2.05, 4.69) is 9.97 Å². The maximum absolute atomic E-state index is 11.8. The normalized spacial score (nSPS) is 10.5. The fourth-order valence-electron chi connectivity index (χ4n) is 2.01. The highest BCUT2D eigenvalue weighted by molar-refractivity contribution is 14.0. The molecule has 0 aliphatic heterocycles. The van der Waals surface area contributed by atoms with Gasteiger partial charge in [-0.15, -0.1) is 24.0 Å². The van der Waals surface area contributed by atoms with Crippen molar-refractivity contribution in [2.24, 2.45) is 14.1 Å². The molecule has 3 heterocycles. The van der Waals surface area contributed by atoms with Crippen molar-refractivity contribution in [3.63, 3.8) is 0 Å². The first-order valence-corrected chi connectivity index (χ1v) is 5.66. The Hall–Kier alpha value is -1.97. The summed E-state index contributed by atoms with van der Waals surface area (Å²) in [6.07, 6.45) is 3.63. The third-order valence-electron chi connectivity index (χ3n) is 3.00. The van der Waals surface area contributed by atoms with Crippen molar-refractivity contribution in [1.29, 1.82) is 0 Å². The molecule has 8 heteroatoms. The molecule has 104 valence electrons. The van der Waals surface area contributed by atoms with Crippen LogP contribution in [0.3, 0.4) is 0 Å². The van der Waals surface area contributed by atoms with Crippen LogP contribution < -0.4 is 15.4 Å². The van der Waals surface area contributed by atoms with Gasteiger partial charge in [0.05, 0.1) is 19.4 Å². The lowest BCUT2D eigenvalue weighted by Gasteiger charge is -2.05. The zero-order chi connectivity index (χ0) is 13.6. The molecule has 0 N–H and O–H groups in total. The molecule has 0 fully saturated rings. The largest absolute Gasteiger partial charge is 0.856 e. The molecule has 0 bridgehead atoms. The van der Waals surface area contributed by atoms with E-state index >= 15 is 0 Å². The van der Waals surface area contributed by atoms with Crippen molar-refractivity contribution in [3.05, 3.63) is 41.1 Å². The van der Waals surface area contributed by atoms with Crippen molar-refractivity contribution in [3.8, 4) is 11.8 Å². The van der Waals surface area contributed by atoms with Crippen molar-refractivity contribution < 1.29 is 9.67 Å². The molecule has 0 unspecified atom stereocenters. The number of aromatic nitrogens is 5. The van der Waals surface area contributed by atoms with Crippen molar-refractivity contribution in [2.45, 2.75) is 0 Å². The van der Waals surface area contributed by atoms with E-state index in [1.54, 1.807) is 23.2 Å². The quantitative estimate of drug-likeness (QED) is 0.423. The van der Waals surface area contributed by atoms with Crippen LogP contribution in [0.15, 0.2) is 35.4 Å². The Morgan fingerprint density at radius 3 is 2.40 bits per heavy atom. The molecule has 0 aliphatic rings. The van der Waals surface area contributed by atoms with Crippen LogP contribution >= 0.6 is 24.0 Å². The van der Waals surface area contributed by atoms with E-state index in [1.807, 2.05) is 30.6 Å². The summed E-state index contributed by atoms with van der Waals surface area (Å²) in [5, 5.41) is 11.8. The predicted molar refractivity (Wildman–Crippen MR) is 80.1 cm³/mol. The Labute approximate surface area is 131 Å². The fourth-order valence-corrected chi connectivity index (χ4v) is 2.01. The summed E-state index contributed by atoms with van der Waals surface area (Å²) in [4.78, 5) is 19.3. The zero-order valence-electron chi connectivity index (χ0n) is 10.8. The second-order valence-corrected chi connectivity index (χ2v) is 4.18. The molecule has 3 aromatic heterocycles. The molecule has 0 saturated heterocycles.